The Hall–Kier alpha value is 0.648. The predicted molar refractivity (Wildman–Crippen MR) is 45.0 cm³/mol. The van der Waals surface area contributed by atoms with Gasteiger partial charge in [-0.2, -0.15) is 0 Å². The predicted octanol–water partition coefficient (Wildman–Crippen LogP) is 2.58. The Morgan fingerprint density at radius 1 is 1.18 bits per heavy atom. The van der Waals surface area contributed by atoms with Crippen molar-refractivity contribution in [2.45, 2.75) is 46.0 Å². The minimum Gasteiger partial charge on any atom is -0.396 e. The molecule has 0 aromatic heterocycles. The van der Waals surface area contributed by atoms with Crippen molar-refractivity contribution in [1.82, 2.24) is 0 Å². The quantitative estimate of drug-likeness (QED) is 0.743. The summed E-state index contributed by atoms with van der Waals surface area (Å²) in [5, 5.41) is 8.69. The third kappa shape index (κ3) is 10.6. The molecule has 0 saturated carbocycles. The number of aliphatic hydroxyl groups excluding tert-OH is 1. The van der Waals surface area contributed by atoms with Gasteiger partial charge in [0.25, 0.3) is 0 Å². The van der Waals surface area contributed by atoms with E-state index in [1.54, 1.807) is 0 Å². The summed E-state index contributed by atoms with van der Waals surface area (Å²) >= 11 is 0. The largest absolute Gasteiger partial charge is 0.396 e. The Labute approximate surface area is 84.8 Å². The van der Waals surface area contributed by atoms with Gasteiger partial charge in [-0.25, -0.2) is 0 Å². The molecular weight excluding hydrogens is 308 g/mol. The van der Waals surface area contributed by atoms with Gasteiger partial charge < -0.3 is 5.11 Å². The van der Waals surface area contributed by atoms with E-state index in [-0.39, 0.29) is 21.1 Å². The molecule has 1 atom stereocenters. The van der Waals surface area contributed by atoms with Crippen LogP contribution >= 0.6 is 0 Å². The average molecular weight is 328 g/mol. The van der Waals surface area contributed by atoms with Crippen LogP contribution in [0.1, 0.15) is 46.0 Å². The Morgan fingerprint density at radius 3 is 2.27 bits per heavy atom. The van der Waals surface area contributed by atoms with Crippen molar-refractivity contribution < 1.29 is 26.2 Å². The fourth-order valence-corrected chi connectivity index (χ4v) is 1.01. The summed E-state index contributed by atoms with van der Waals surface area (Å²) in [7, 11) is 0. The summed E-state index contributed by atoms with van der Waals surface area (Å²) in [6.45, 7) is 4.67. The van der Waals surface area contributed by atoms with E-state index in [0.29, 0.717) is 12.5 Å². The SMILES string of the molecule is CCCCCCC(C)CO.[W]. The average Bonchev–Trinajstić information content (AvgIpc) is 1.98. The zero-order valence-corrected chi connectivity index (χ0v) is 10.6. The molecular formula is C9H20OW. The van der Waals surface area contributed by atoms with Crippen molar-refractivity contribution in [2.75, 3.05) is 6.61 Å². The van der Waals surface area contributed by atoms with Crippen LogP contribution in [0.2, 0.25) is 0 Å². The van der Waals surface area contributed by atoms with Gasteiger partial charge in [-0.15, -0.1) is 0 Å². The summed E-state index contributed by atoms with van der Waals surface area (Å²) in [5.41, 5.74) is 0. The van der Waals surface area contributed by atoms with Crippen molar-refractivity contribution >= 4 is 0 Å². The van der Waals surface area contributed by atoms with E-state index in [1.807, 2.05) is 0 Å². The van der Waals surface area contributed by atoms with E-state index >= 15 is 0 Å². The number of hydrogen-bond donors (Lipinski definition) is 1. The molecule has 0 aliphatic heterocycles. The topological polar surface area (TPSA) is 20.2 Å². The van der Waals surface area contributed by atoms with Crippen LogP contribution in [0.25, 0.3) is 0 Å². The standard InChI is InChI=1S/C9H20O.W/c1-3-4-5-6-7-9(2)8-10;/h9-10H,3-8H2,1-2H3;. The summed E-state index contributed by atoms with van der Waals surface area (Å²) in [6.07, 6.45) is 6.46. The van der Waals surface area contributed by atoms with Crippen LogP contribution in [0.5, 0.6) is 0 Å². The Kier molecular flexibility index (Phi) is 13.7. The molecule has 0 rings (SSSR count). The molecule has 0 radical (unpaired) electrons. The summed E-state index contributed by atoms with van der Waals surface area (Å²) < 4.78 is 0. The molecule has 0 bridgehead atoms. The normalized spacial score (nSPS) is 12.3. The molecule has 0 aliphatic carbocycles. The smallest absolute Gasteiger partial charge is 0.0456 e. The summed E-state index contributed by atoms with van der Waals surface area (Å²) in [4.78, 5) is 0. The molecule has 1 nitrogen and oxygen atoms in total. The summed E-state index contributed by atoms with van der Waals surface area (Å²) in [6, 6.07) is 0. The number of rotatable bonds is 6. The molecule has 0 fully saturated rings. The maximum Gasteiger partial charge on any atom is 0.0456 e. The maximum atomic E-state index is 8.69. The van der Waals surface area contributed by atoms with Crippen molar-refractivity contribution in [3.63, 3.8) is 0 Å². The minimum absolute atomic E-state index is 0. The molecule has 0 aromatic rings. The van der Waals surface area contributed by atoms with Crippen molar-refractivity contribution in [1.29, 1.82) is 0 Å². The van der Waals surface area contributed by atoms with Crippen LogP contribution in [0.3, 0.4) is 0 Å². The first-order valence-electron chi connectivity index (χ1n) is 4.42. The Morgan fingerprint density at radius 2 is 1.82 bits per heavy atom. The Bertz CT molecular complexity index is 66.6. The minimum atomic E-state index is 0. The molecule has 68 valence electrons. The Balaban J connectivity index is 0. The molecule has 2 heteroatoms. The molecule has 0 aliphatic rings. The number of hydrogen-bond acceptors (Lipinski definition) is 1. The second-order valence-electron chi connectivity index (χ2n) is 3.14. The van der Waals surface area contributed by atoms with E-state index in [0.717, 1.165) is 0 Å². The van der Waals surface area contributed by atoms with Crippen molar-refractivity contribution in [3.05, 3.63) is 0 Å². The monoisotopic (exact) mass is 328 g/mol. The molecule has 0 saturated heterocycles. The first kappa shape index (κ1) is 14.2. The van der Waals surface area contributed by atoms with Crippen LogP contribution in [-0.4, -0.2) is 11.7 Å². The molecule has 0 aromatic carbocycles. The molecule has 1 unspecified atom stereocenters. The maximum absolute atomic E-state index is 8.69. The van der Waals surface area contributed by atoms with Gasteiger partial charge in [0.15, 0.2) is 0 Å². The fourth-order valence-electron chi connectivity index (χ4n) is 1.01. The summed E-state index contributed by atoms with van der Waals surface area (Å²) in [5.74, 6) is 0.511. The van der Waals surface area contributed by atoms with Crippen LogP contribution in [-0.2, 0) is 21.1 Å². The van der Waals surface area contributed by atoms with Crippen molar-refractivity contribution in [2.24, 2.45) is 5.92 Å². The number of aliphatic hydroxyl groups is 1. The zero-order chi connectivity index (χ0) is 7.82. The second kappa shape index (κ2) is 10.6. The molecule has 0 spiro atoms. The molecule has 0 amide bonds. The third-order valence-electron chi connectivity index (χ3n) is 1.86. The first-order valence-corrected chi connectivity index (χ1v) is 4.42. The van der Waals surface area contributed by atoms with Gasteiger partial charge >= 0.3 is 0 Å². The van der Waals surface area contributed by atoms with E-state index in [4.69, 9.17) is 5.11 Å². The van der Waals surface area contributed by atoms with Crippen molar-refractivity contribution in [3.8, 4) is 0 Å². The molecule has 1 N–H and O–H groups in total. The van der Waals surface area contributed by atoms with Crippen LogP contribution in [0, 0.1) is 5.92 Å². The fraction of sp³-hybridized carbons (Fsp3) is 1.00. The van der Waals surface area contributed by atoms with Gasteiger partial charge in [0.1, 0.15) is 0 Å². The van der Waals surface area contributed by atoms with Crippen LogP contribution in [0.15, 0.2) is 0 Å². The van der Waals surface area contributed by atoms with Crippen LogP contribution < -0.4 is 0 Å². The molecule has 11 heavy (non-hydrogen) atoms. The zero-order valence-electron chi connectivity index (χ0n) is 7.68. The van der Waals surface area contributed by atoms with E-state index < -0.39 is 0 Å². The number of unbranched alkanes of at least 4 members (excludes halogenated alkanes) is 3. The van der Waals surface area contributed by atoms with Gasteiger partial charge in [-0.05, 0) is 12.3 Å². The van der Waals surface area contributed by atoms with E-state index in [1.165, 1.54) is 32.1 Å². The second-order valence-corrected chi connectivity index (χ2v) is 3.14. The van der Waals surface area contributed by atoms with Gasteiger partial charge in [0, 0.05) is 27.7 Å². The third-order valence-corrected chi connectivity index (χ3v) is 1.86. The van der Waals surface area contributed by atoms with E-state index in [2.05, 4.69) is 13.8 Å². The van der Waals surface area contributed by atoms with Gasteiger partial charge in [-0.3, -0.25) is 0 Å². The first-order chi connectivity index (χ1) is 4.81. The van der Waals surface area contributed by atoms with Gasteiger partial charge in [0.05, 0.1) is 0 Å². The van der Waals surface area contributed by atoms with E-state index in [9.17, 15) is 0 Å². The molecule has 0 heterocycles. The van der Waals surface area contributed by atoms with Gasteiger partial charge in [-0.1, -0.05) is 39.5 Å². The van der Waals surface area contributed by atoms with Gasteiger partial charge in [0.2, 0.25) is 0 Å². The van der Waals surface area contributed by atoms with Crippen LogP contribution in [0.4, 0.5) is 0 Å².